The van der Waals surface area contributed by atoms with Gasteiger partial charge in [0, 0.05) is 31.7 Å². The van der Waals surface area contributed by atoms with E-state index in [9.17, 15) is 4.79 Å². The summed E-state index contributed by atoms with van der Waals surface area (Å²) >= 11 is 3.59. The highest BCUT2D eigenvalue weighted by Crippen LogP contribution is 2.22. The predicted molar refractivity (Wildman–Crippen MR) is 108 cm³/mol. The van der Waals surface area contributed by atoms with Gasteiger partial charge in [0.25, 0.3) is 0 Å². The molecule has 0 aromatic heterocycles. The molecule has 1 heterocycles. The van der Waals surface area contributed by atoms with Crippen LogP contribution in [-0.2, 0) is 9.53 Å². The van der Waals surface area contributed by atoms with Gasteiger partial charge in [-0.25, -0.2) is 4.99 Å². The molecule has 1 fully saturated rings. The molecule has 1 aliphatic heterocycles. The topological polar surface area (TPSA) is 66.0 Å². The van der Waals surface area contributed by atoms with Crippen LogP contribution in [-0.4, -0.2) is 56.7 Å². The van der Waals surface area contributed by atoms with Crippen LogP contribution in [0.25, 0.3) is 0 Å². The first-order valence-electron chi connectivity index (χ1n) is 9.08. The Morgan fingerprint density at radius 2 is 2.15 bits per heavy atom. The SMILES string of the molecule is CC(NC(=NCC(=O)N(C)C)NCC1CCCCO1)c1ccccc1Br. The summed E-state index contributed by atoms with van der Waals surface area (Å²) in [4.78, 5) is 17.9. The molecule has 1 aromatic carbocycles. The molecule has 1 amide bonds. The van der Waals surface area contributed by atoms with E-state index in [1.54, 1.807) is 19.0 Å². The molecule has 2 atom stereocenters. The molecule has 1 saturated heterocycles. The molecule has 144 valence electrons. The Hall–Kier alpha value is -1.60. The van der Waals surface area contributed by atoms with Gasteiger partial charge in [-0.05, 0) is 37.8 Å². The number of carbonyl (C=O) groups excluding carboxylic acids is 1. The predicted octanol–water partition coefficient (Wildman–Crippen LogP) is 2.70. The number of nitrogens with zero attached hydrogens (tertiary/aromatic N) is 2. The molecule has 26 heavy (non-hydrogen) atoms. The van der Waals surface area contributed by atoms with Crippen LogP contribution in [0.2, 0.25) is 0 Å². The van der Waals surface area contributed by atoms with E-state index < -0.39 is 0 Å². The van der Waals surface area contributed by atoms with Crippen molar-refractivity contribution < 1.29 is 9.53 Å². The summed E-state index contributed by atoms with van der Waals surface area (Å²) in [5.74, 6) is 0.589. The lowest BCUT2D eigenvalue weighted by Crippen LogP contribution is -2.44. The number of rotatable bonds is 6. The van der Waals surface area contributed by atoms with Crippen LogP contribution in [0.3, 0.4) is 0 Å². The monoisotopic (exact) mass is 424 g/mol. The zero-order valence-corrected chi connectivity index (χ0v) is 17.4. The van der Waals surface area contributed by atoms with Gasteiger partial charge in [-0.2, -0.15) is 0 Å². The molecule has 7 heteroatoms. The van der Waals surface area contributed by atoms with Crippen LogP contribution in [0.5, 0.6) is 0 Å². The summed E-state index contributed by atoms with van der Waals surface area (Å²) in [7, 11) is 3.47. The van der Waals surface area contributed by atoms with Crippen molar-refractivity contribution in [2.24, 2.45) is 4.99 Å². The third kappa shape index (κ3) is 6.61. The van der Waals surface area contributed by atoms with E-state index in [1.807, 2.05) is 18.2 Å². The highest BCUT2D eigenvalue weighted by atomic mass is 79.9. The summed E-state index contributed by atoms with van der Waals surface area (Å²) in [6.07, 6.45) is 3.57. The van der Waals surface area contributed by atoms with E-state index in [2.05, 4.69) is 44.5 Å². The van der Waals surface area contributed by atoms with Crippen LogP contribution < -0.4 is 10.6 Å². The van der Waals surface area contributed by atoms with Crippen molar-refractivity contribution in [2.75, 3.05) is 33.8 Å². The number of nitrogens with one attached hydrogen (secondary N) is 2. The number of halogens is 1. The number of benzene rings is 1. The second-order valence-corrected chi connectivity index (χ2v) is 7.56. The number of carbonyl (C=O) groups is 1. The van der Waals surface area contributed by atoms with Crippen molar-refractivity contribution in [3.63, 3.8) is 0 Å². The second kappa shape index (κ2) is 10.5. The summed E-state index contributed by atoms with van der Waals surface area (Å²) in [5.41, 5.74) is 1.13. The Kier molecular flexibility index (Phi) is 8.38. The van der Waals surface area contributed by atoms with Crippen molar-refractivity contribution in [3.8, 4) is 0 Å². The van der Waals surface area contributed by atoms with Gasteiger partial charge < -0.3 is 20.3 Å². The Balaban J connectivity index is 2.02. The molecule has 2 unspecified atom stereocenters. The van der Waals surface area contributed by atoms with E-state index in [0.29, 0.717) is 12.5 Å². The molecular formula is C19H29BrN4O2. The molecule has 0 spiro atoms. The first-order chi connectivity index (χ1) is 12.5. The maximum atomic E-state index is 11.9. The number of ether oxygens (including phenoxy) is 1. The molecule has 0 saturated carbocycles. The lowest BCUT2D eigenvalue weighted by Gasteiger charge is -2.25. The largest absolute Gasteiger partial charge is 0.376 e. The maximum Gasteiger partial charge on any atom is 0.243 e. The van der Waals surface area contributed by atoms with Gasteiger partial charge in [0.2, 0.25) is 5.91 Å². The highest BCUT2D eigenvalue weighted by molar-refractivity contribution is 9.10. The number of amides is 1. The van der Waals surface area contributed by atoms with E-state index >= 15 is 0 Å². The van der Waals surface area contributed by atoms with Crippen molar-refractivity contribution >= 4 is 27.8 Å². The highest BCUT2D eigenvalue weighted by Gasteiger charge is 2.16. The number of likely N-dealkylation sites (N-methyl/N-ethyl adjacent to an activating group) is 1. The van der Waals surface area contributed by atoms with Crippen LogP contribution in [0.15, 0.2) is 33.7 Å². The van der Waals surface area contributed by atoms with Crippen molar-refractivity contribution in [1.82, 2.24) is 15.5 Å². The minimum absolute atomic E-state index is 0.0337. The van der Waals surface area contributed by atoms with Crippen LogP contribution in [0, 0.1) is 0 Å². The third-order valence-electron chi connectivity index (χ3n) is 4.37. The minimum Gasteiger partial charge on any atom is -0.376 e. The quantitative estimate of drug-likeness (QED) is 0.544. The molecule has 2 rings (SSSR count). The Labute approximate surface area is 164 Å². The molecule has 6 nitrogen and oxygen atoms in total. The fraction of sp³-hybridized carbons (Fsp3) is 0.579. The smallest absolute Gasteiger partial charge is 0.243 e. The fourth-order valence-electron chi connectivity index (χ4n) is 2.73. The van der Waals surface area contributed by atoms with E-state index in [0.717, 1.165) is 29.5 Å². The number of hydrogen-bond donors (Lipinski definition) is 2. The molecule has 0 radical (unpaired) electrons. The van der Waals surface area contributed by atoms with Crippen LogP contribution >= 0.6 is 15.9 Å². The summed E-state index contributed by atoms with van der Waals surface area (Å²) < 4.78 is 6.81. The third-order valence-corrected chi connectivity index (χ3v) is 5.09. The standard InChI is InChI=1S/C19H29BrN4O2/c1-14(16-9-4-5-10-17(16)20)23-19(22-13-18(25)24(2)3)21-12-15-8-6-7-11-26-15/h4-5,9-10,14-15H,6-8,11-13H2,1-3H3,(H2,21,22,23). The van der Waals surface area contributed by atoms with Crippen LogP contribution in [0.1, 0.15) is 37.8 Å². The first-order valence-corrected chi connectivity index (χ1v) is 9.87. The van der Waals surface area contributed by atoms with Gasteiger partial charge in [0.15, 0.2) is 5.96 Å². The second-order valence-electron chi connectivity index (χ2n) is 6.71. The summed E-state index contributed by atoms with van der Waals surface area (Å²) in [6.45, 7) is 3.68. The number of hydrogen-bond acceptors (Lipinski definition) is 3. The van der Waals surface area contributed by atoms with Gasteiger partial charge in [0.05, 0.1) is 12.1 Å². The molecule has 0 aliphatic carbocycles. The maximum absolute atomic E-state index is 11.9. The van der Waals surface area contributed by atoms with Gasteiger partial charge in [0.1, 0.15) is 6.54 Å². The normalized spacial score (nSPS) is 18.9. The zero-order chi connectivity index (χ0) is 18.9. The Morgan fingerprint density at radius 1 is 1.38 bits per heavy atom. The van der Waals surface area contributed by atoms with E-state index in [-0.39, 0.29) is 24.6 Å². The Morgan fingerprint density at radius 3 is 2.81 bits per heavy atom. The summed E-state index contributed by atoms with van der Waals surface area (Å²) in [5, 5.41) is 6.72. The molecule has 1 aromatic rings. The molecular weight excluding hydrogens is 396 g/mol. The van der Waals surface area contributed by atoms with Gasteiger partial charge in [-0.3, -0.25) is 4.79 Å². The minimum atomic E-state index is -0.0337. The Bertz CT molecular complexity index is 615. The average molecular weight is 425 g/mol. The van der Waals surface area contributed by atoms with Crippen molar-refractivity contribution in [1.29, 1.82) is 0 Å². The van der Waals surface area contributed by atoms with E-state index in [1.165, 1.54) is 6.42 Å². The van der Waals surface area contributed by atoms with E-state index in [4.69, 9.17) is 4.74 Å². The van der Waals surface area contributed by atoms with Crippen molar-refractivity contribution in [2.45, 2.75) is 38.3 Å². The van der Waals surface area contributed by atoms with Gasteiger partial charge >= 0.3 is 0 Å². The van der Waals surface area contributed by atoms with Gasteiger partial charge in [-0.15, -0.1) is 0 Å². The zero-order valence-electron chi connectivity index (χ0n) is 15.8. The number of guanidine groups is 1. The molecule has 2 N–H and O–H groups in total. The molecule has 0 bridgehead atoms. The lowest BCUT2D eigenvalue weighted by molar-refractivity contribution is -0.127. The fourth-order valence-corrected chi connectivity index (χ4v) is 3.36. The first kappa shape index (κ1) is 20.7. The lowest BCUT2D eigenvalue weighted by atomic mass is 10.1. The molecule has 1 aliphatic rings. The van der Waals surface area contributed by atoms with Gasteiger partial charge in [-0.1, -0.05) is 34.1 Å². The summed E-state index contributed by atoms with van der Waals surface area (Å²) in [6, 6.07) is 8.12. The van der Waals surface area contributed by atoms with Crippen molar-refractivity contribution in [3.05, 3.63) is 34.3 Å². The number of aliphatic imine (C=N–C) groups is 1. The average Bonchev–Trinajstić information content (AvgIpc) is 2.64. The van der Waals surface area contributed by atoms with Crippen LogP contribution in [0.4, 0.5) is 0 Å².